The molecule has 0 spiro atoms. The summed E-state index contributed by atoms with van der Waals surface area (Å²) in [6, 6.07) is 5.42. The molecule has 0 atom stereocenters. The molecule has 0 saturated carbocycles. The van der Waals surface area contributed by atoms with E-state index >= 15 is 0 Å². The Morgan fingerprint density at radius 3 is 2.60 bits per heavy atom. The maximum Gasteiger partial charge on any atom is 0.126 e. The fourth-order valence-corrected chi connectivity index (χ4v) is 2.20. The van der Waals surface area contributed by atoms with Crippen molar-refractivity contribution in [3.63, 3.8) is 0 Å². The summed E-state index contributed by atoms with van der Waals surface area (Å²) < 4.78 is 13.3. The first-order valence-electron chi connectivity index (χ1n) is 5.25. The van der Waals surface area contributed by atoms with Crippen molar-refractivity contribution >= 4 is 12.4 Å². The molecule has 0 bridgehead atoms. The summed E-state index contributed by atoms with van der Waals surface area (Å²) in [5, 5.41) is 3.32. The minimum Gasteiger partial charge on any atom is -0.317 e. The smallest absolute Gasteiger partial charge is 0.126 e. The van der Waals surface area contributed by atoms with Crippen molar-refractivity contribution < 1.29 is 4.39 Å². The van der Waals surface area contributed by atoms with Crippen molar-refractivity contribution in [2.24, 2.45) is 0 Å². The molecule has 3 heteroatoms. The highest BCUT2D eigenvalue weighted by Gasteiger charge is 2.17. The highest BCUT2D eigenvalue weighted by molar-refractivity contribution is 5.85. The lowest BCUT2D eigenvalue weighted by Gasteiger charge is -2.24. The Morgan fingerprint density at radius 1 is 1.27 bits per heavy atom. The molecule has 0 unspecified atom stereocenters. The summed E-state index contributed by atoms with van der Waals surface area (Å²) in [4.78, 5) is 0. The lowest BCUT2D eigenvalue weighted by Crippen LogP contribution is -2.27. The van der Waals surface area contributed by atoms with Gasteiger partial charge in [0.1, 0.15) is 5.82 Å². The fraction of sp³-hybridized carbons (Fsp3) is 0.500. The van der Waals surface area contributed by atoms with Crippen molar-refractivity contribution in [2.75, 3.05) is 13.1 Å². The van der Waals surface area contributed by atoms with E-state index in [-0.39, 0.29) is 18.2 Å². The van der Waals surface area contributed by atoms with E-state index in [1.54, 1.807) is 6.07 Å². The summed E-state index contributed by atoms with van der Waals surface area (Å²) in [5.41, 5.74) is 2.03. The van der Waals surface area contributed by atoms with Crippen molar-refractivity contribution in [1.82, 2.24) is 5.32 Å². The van der Waals surface area contributed by atoms with Crippen molar-refractivity contribution in [3.8, 4) is 0 Å². The molecule has 1 heterocycles. The zero-order valence-electron chi connectivity index (χ0n) is 8.92. The van der Waals surface area contributed by atoms with Gasteiger partial charge in [0.05, 0.1) is 0 Å². The summed E-state index contributed by atoms with van der Waals surface area (Å²) in [6.07, 6.45) is 2.26. The van der Waals surface area contributed by atoms with E-state index in [0.717, 1.165) is 31.5 Å². The number of piperidine rings is 1. The topological polar surface area (TPSA) is 12.0 Å². The van der Waals surface area contributed by atoms with Crippen LogP contribution >= 0.6 is 12.4 Å². The van der Waals surface area contributed by atoms with Crippen LogP contribution in [0.1, 0.15) is 29.9 Å². The van der Waals surface area contributed by atoms with Gasteiger partial charge in [-0.1, -0.05) is 12.1 Å². The zero-order chi connectivity index (χ0) is 9.97. The Balaban J connectivity index is 0.00000112. The van der Waals surface area contributed by atoms with Crippen LogP contribution in [0.3, 0.4) is 0 Å². The standard InChI is InChI=1S/C12H16FN.ClH/c1-9-11(3-2-4-12(9)13)10-5-7-14-8-6-10;/h2-4,10,14H,5-8H2,1H3;1H. The van der Waals surface area contributed by atoms with Crippen molar-refractivity contribution in [1.29, 1.82) is 0 Å². The molecule has 2 rings (SSSR count). The molecular formula is C12H17ClFN. The van der Waals surface area contributed by atoms with Crippen LogP contribution in [-0.2, 0) is 0 Å². The SMILES string of the molecule is Cc1c(F)cccc1C1CCNCC1.Cl. The normalized spacial score (nSPS) is 17.2. The van der Waals surface area contributed by atoms with Crippen LogP contribution in [-0.4, -0.2) is 13.1 Å². The molecule has 0 amide bonds. The number of hydrogen-bond acceptors (Lipinski definition) is 1. The van der Waals surface area contributed by atoms with Crippen molar-refractivity contribution in [3.05, 3.63) is 35.1 Å². The Morgan fingerprint density at radius 2 is 1.93 bits per heavy atom. The molecular weight excluding hydrogens is 213 g/mol. The second-order valence-electron chi connectivity index (χ2n) is 3.98. The molecule has 1 nitrogen and oxygen atoms in total. The van der Waals surface area contributed by atoms with E-state index in [0.29, 0.717) is 5.92 Å². The van der Waals surface area contributed by atoms with Gasteiger partial charge in [0.25, 0.3) is 0 Å². The lowest BCUT2D eigenvalue weighted by molar-refractivity contribution is 0.456. The number of nitrogens with one attached hydrogen (secondary N) is 1. The van der Waals surface area contributed by atoms with Crippen LogP contribution < -0.4 is 5.32 Å². The highest BCUT2D eigenvalue weighted by Crippen LogP contribution is 2.28. The third-order valence-corrected chi connectivity index (χ3v) is 3.09. The van der Waals surface area contributed by atoms with Crippen LogP contribution in [0.4, 0.5) is 4.39 Å². The minimum absolute atomic E-state index is 0. The molecule has 1 aromatic carbocycles. The molecule has 0 aromatic heterocycles. The molecule has 1 aliphatic heterocycles. The molecule has 84 valence electrons. The lowest BCUT2D eigenvalue weighted by atomic mass is 9.87. The average Bonchev–Trinajstić information content (AvgIpc) is 2.23. The maximum atomic E-state index is 13.3. The van der Waals surface area contributed by atoms with Gasteiger partial charge < -0.3 is 5.32 Å². The van der Waals surface area contributed by atoms with E-state index in [4.69, 9.17) is 0 Å². The number of rotatable bonds is 1. The molecule has 0 radical (unpaired) electrons. The van der Waals surface area contributed by atoms with Gasteiger partial charge in [0.15, 0.2) is 0 Å². The maximum absolute atomic E-state index is 13.3. The molecule has 0 aliphatic carbocycles. The molecule has 1 fully saturated rings. The fourth-order valence-electron chi connectivity index (χ4n) is 2.20. The van der Waals surface area contributed by atoms with Gasteiger partial charge in [-0.2, -0.15) is 0 Å². The molecule has 1 saturated heterocycles. The average molecular weight is 230 g/mol. The van der Waals surface area contributed by atoms with Gasteiger partial charge in [-0.25, -0.2) is 4.39 Å². The third kappa shape index (κ3) is 2.70. The summed E-state index contributed by atoms with van der Waals surface area (Å²) >= 11 is 0. The first kappa shape index (κ1) is 12.5. The molecule has 1 aromatic rings. The van der Waals surface area contributed by atoms with Gasteiger partial charge in [-0.05, 0) is 56.0 Å². The largest absolute Gasteiger partial charge is 0.317 e. The Kier molecular flexibility index (Phi) is 4.55. The van der Waals surface area contributed by atoms with E-state index in [9.17, 15) is 4.39 Å². The minimum atomic E-state index is -0.0685. The van der Waals surface area contributed by atoms with E-state index in [1.807, 2.05) is 13.0 Å². The Labute approximate surface area is 96.5 Å². The van der Waals surface area contributed by atoms with Gasteiger partial charge in [-0.3, -0.25) is 0 Å². The van der Waals surface area contributed by atoms with Gasteiger partial charge in [0.2, 0.25) is 0 Å². The molecule has 1 N–H and O–H groups in total. The Bertz CT molecular complexity index is 321. The monoisotopic (exact) mass is 229 g/mol. The molecule has 1 aliphatic rings. The number of hydrogen-bond donors (Lipinski definition) is 1. The first-order chi connectivity index (χ1) is 6.79. The zero-order valence-corrected chi connectivity index (χ0v) is 9.74. The second-order valence-corrected chi connectivity index (χ2v) is 3.98. The predicted octanol–water partition coefficient (Wildman–Crippen LogP) is 3.02. The van der Waals surface area contributed by atoms with Crippen LogP contribution in [0.2, 0.25) is 0 Å². The Hall–Kier alpha value is -0.600. The van der Waals surface area contributed by atoms with Crippen LogP contribution in [0, 0.1) is 12.7 Å². The van der Waals surface area contributed by atoms with Gasteiger partial charge in [0, 0.05) is 0 Å². The van der Waals surface area contributed by atoms with E-state index in [1.165, 1.54) is 5.56 Å². The van der Waals surface area contributed by atoms with Gasteiger partial charge in [-0.15, -0.1) is 12.4 Å². The van der Waals surface area contributed by atoms with Crippen LogP contribution in [0.25, 0.3) is 0 Å². The quantitative estimate of drug-likeness (QED) is 0.781. The second kappa shape index (κ2) is 5.47. The molecule has 15 heavy (non-hydrogen) atoms. The van der Waals surface area contributed by atoms with Crippen molar-refractivity contribution in [2.45, 2.75) is 25.7 Å². The first-order valence-corrected chi connectivity index (χ1v) is 5.25. The van der Waals surface area contributed by atoms with Crippen LogP contribution in [0.15, 0.2) is 18.2 Å². The third-order valence-electron chi connectivity index (χ3n) is 3.09. The van der Waals surface area contributed by atoms with Crippen LogP contribution in [0.5, 0.6) is 0 Å². The van der Waals surface area contributed by atoms with Gasteiger partial charge >= 0.3 is 0 Å². The number of halogens is 2. The highest BCUT2D eigenvalue weighted by atomic mass is 35.5. The predicted molar refractivity (Wildman–Crippen MR) is 63.2 cm³/mol. The van der Waals surface area contributed by atoms with E-state index in [2.05, 4.69) is 11.4 Å². The summed E-state index contributed by atoms with van der Waals surface area (Å²) in [6.45, 7) is 3.99. The summed E-state index contributed by atoms with van der Waals surface area (Å²) in [5.74, 6) is 0.480. The number of benzene rings is 1. The van der Waals surface area contributed by atoms with E-state index < -0.39 is 0 Å². The summed E-state index contributed by atoms with van der Waals surface area (Å²) in [7, 11) is 0.